The van der Waals surface area contributed by atoms with Gasteiger partial charge in [0.15, 0.2) is 0 Å². The topological polar surface area (TPSA) is 38.3 Å². The van der Waals surface area contributed by atoms with Crippen LogP contribution < -0.4 is 10.1 Å². The Labute approximate surface area is 131 Å². The van der Waals surface area contributed by atoms with Crippen LogP contribution in [0.2, 0.25) is 15.1 Å². The highest BCUT2D eigenvalue weighted by Crippen LogP contribution is 2.28. The number of anilines is 1. The Morgan fingerprint density at radius 1 is 1.05 bits per heavy atom. The summed E-state index contributed by atoms with van der Waals surface area (Å²) in [6, 6.07) is 9.62. The second-order valence-electron chi connectivity index (χ2n) is 3.92. The van der Waals surface area contributed by atoms with Gasteiger partial charge in [-0.05, 0) is 30.3 Å². The monoisotopic (exact) mass is 329 g/mol. The summed E-state index contributed by atoms with van der Waals surface area (Å²) < 4.78 is 5.04. The third-order valence-corrected chi connectivity index (χ3v) is 3.46. The third-order valence-electron chi connectivity index (χ3n) is 2.60. The maximum atomic E-state index is 12.1. The number of carbonyl (C=O) groups is 1. The van der Waals surface area contributed by atoms with Crippen molar-refractivity contribution in [3.63, 3.8) is 0 Å². The smallest absolute Gasteiger partial charge is 0.257 e. The van der Waals surface area contributed by atoms with E-state index in [-0.39, 0.29) is 10.9 Å². The lowest BCUT2D eigenvalue weighted by atomic mass is 10.2. The normalized spacial score (nSPS) is 10.2. The Morgan fingerprint density at radius 2 is 1.80 bits per heavy atom. The molecule has 0 saturated carbocycles. The van der Waals surface area contributed by atoms with Crippen molar-refractivity contribution in [2.75, 3.05) is 12.4 Å². The first kappa shape index (κ1) is 15.0. The van der Waals surface area contributed by atoms with Crippen molar-refractivity contribution in [2.45, 2.75) is 0 Å². The summed E-state index contributed by atoms with van der Waals surface area (Å²) in [6.07, 6.45) is 0. The van der Waals surface area contributed by atoms with Gasteiger partial charge < -0.3 is 10.1 Å². The number of ether oxygens (including phenoxy) is 1. The molecular formula is C14H10Cl3NO2. The van der Waals surface area contributed by atoms with Gasteiger partial charge in [0.2, 0.25) is 0 Å². The molecule has 0 aromatic heterocycles. The lowest BCUT2D eigenvalue weighted by Gasteiger charge is -2.09. The zero-order chi connectivity index (χ0) is 14.7. The molecule has 6 heteroatoms. The van der Waals surface area contributed by atoms with E-state index in [2.05, 4.69) is 5.32 Å². The lowest BCUT2D eigenvalue weighted by molar-refractivity contribution is 0.102. The van der Waals surface area contributed by atoms with Crippen LogP contribution in [-0.2, 0) is 0 Å². The summed E-state index contributed by atoms with van der Waals surface area (Å²) in [5, 5.41) is 3.81. The molecule has 0 saturated heterocycles. The Bertz CT molecular complexity index is 659. The van der Waals surface area contributed by atoms with Crippen molar-refractivity contribution in [2.24, 2.45) is 0 Å². The van der Waals surface area contributed by atoms with E-state index in [1.54, 1.807) is 30.3 Å². The number of methoxy groups -OCH3 is 1. The molecule has 1 N–H and O–H groups in total. The summed E-state index contributed by atoms with van der Waals surface area (Å²) in [6.45, 7) is 0. The predicted molar refractivity (Wildman–Crippen MR) is 82.4 cm³/mol. The van der Waals surface area contributed by atoms with Gasteiger partial charge in [0.25, 0.3) is 5.91 Å². The number of hydrogen-bond acceptors (Lipinski definition) is 2. The van der Waals surface area contributed by atoms with E-state index in [0.29, 0.717) is 27.0 Å². The summed E-state index contributed by atoms with van der Waals surface area (Å²) in [5.41, 5.74) is 0.798. The van der Waals surface area contributed by atoms with Gasteiger partial charge in [-0.3, -0.25) is 4.79 Å². The fourth-order valence-electron chi connectivity index (χ4n) is 1.59. The number of hydrogen-bond donors (Lipinski definition) is 1. The molecule has 0 aliphatic heterocycles. The molecule has 20 heavy (non-hydrogen) atoms. The minimum Gasteiger partial charge on any atom is -0.497 e. The summed E-state index contributed by atoms with van der Waals surface area (Å²) in [5.74, 6) is 0.247. The maximum absolute atomic E-state index is 12.1. The Morgan fingerprint density at radius 3 is 2.40 bits per heavy atom. The van der Waals surface area contributed by atoms with Gasteiger partial charge in [0, 0.05) is 11.1 Å². The van der Waals surface area contributed by atoms with Crippen LogP contribution >= 0.6 is 34.8 Å². The first-order chi connectivity index (χ1) is 9.51. The van der Waals surface area contributed by atoms with E-state index in [0.717, 1.165) is 0 Å². The van der Waals surface area contributed by atoms with Gasteiger partial charge in [0.05, 0.1) is 28.4 Å². The summed E-state index contributed by atoms with van der Waals surface area (Å²) in [4.78, 5) is 12.1. The highest BCUT2D eigenvalue weighted by atomic mass is 35.5. The molecular weight excluding hydrogens is 321 g/mol. The van der Waals surface area contributed by atoms with Crippen LogP contribution in [0.3, 0.4) is 0 Å². The minimum atomic E-state index is -0.362. The van der Waals surface area contributed by atoms with Crippen molar-refractivity contribution in [3.05, 3.63) is 57.0 Å². The maximum Gasteiger partial charge on any atom is 0.257 e. The van der Waals surface area contributed by atoms with E-state index < -0.39 is 0 Å². The third kappa shape index (κ3) is 3.37. The van der Waals surface area contributed by atoms with Gasteiger partial charge in [-0.2, -0.15) is 0 Å². The summed E-state index contributed by atoms with van der Waals surface area (Å²) in [7, 11) is 1.54. The van der Waals surface area contributed by atoms with Crippen LogP contribution in [0.5, 0.6) is 5.75 Å². The molecule has 1 amide bonds. The Hall–Kier alpha value is -1.42. The van der Waals surface area contributed by atoms with Crippen molar-refractivity contribution >= 4 is 46.4 Å². The molecule has 0 radical (unpaired) electrons. The van der Waals surface area contributed by atoms with Gasteiger partial charge in [-0.15, -0.1) is 0 Å². The first-order valence-electron chi connectivity index (χ1n) is 5.61. The molecule has 0 aliphatic rings. The van der Waals surface area contributed by atoms with Crippen molar-refractivity contribution in [1.29, 1.82) is 0 Å². The molecule has 2 aromatic rings. The van der Waals surface area contributed by atoms with Crippen molar-refractivity contribution in [3.8, 4) is 5.75 Å². The standard InChI is InChI=1S/C14H10Cl3NO2/c1-20-9-3-5-13(12(17)7-9)18-14(19)10-4-2-8(15)6-11(10)16/h2-7H,1H3,(H,18,19). The predicted octanol–water partition coefficient (Wildman–Crippen LogP) is 4.91. The zero-order valence-electron chi connectivity index (χ0n) is 10.4. The van der Waals surface area contributed by atoms with Gasteiger partial charge in [-0.25, -0.2) is 0 Å². The van der Waals surface area contributed by atoms with Crippen LogP contribution in [0, 0.1) is 0 Å². The highest BCUT2D eigenvalue weighted by molar-refractivity contribution is 6.37. The number of carbonyl (C=O) groups excluding carboxylic acids is 1. The quantitative estimate of drug-likeness (QED) is 0.868. The van der Waals surface area contributed by atoms with E-state index in [1.165, 1.54) is 13.2 Å². The van der Waals surface area contributed by atoms with E-state index in [1.807, 2.05) is 0 Å². The first-order valence-corrected chi connectivity index (χ1v) is 6.74. The average Bonchev–Trinajstić information content (AvgIpc) is 2.40. The second kappa shape index (κ2) is 6.35. The van der Waals surface area contributed by atoms with Crippen molar-refractivity contribution < 1.29 is 9.53 Å². The molecule has 104 valence electrons. The Balaban J connectivity index is 2.23. The summed E-state index contributed by atoms with van der Waals surface area (Å²) >= 11 is 17.8. The number of benzene rings is 2. The van der Waals surface area contributed by atoms with E-state index in [4.69, 9.17) is 39.5 Å². The SMILES string of the molecule is COc1ccc(NC(=O)c2ccc(Cl)cc2Cl)c(Cl)c1. The average molecular weight is 331 g/mol. The van der Waals surface area contributed by atoms with Crippen LogP contribution in [0.15, 0.2) is 36.4 Å². The fourth-order valence-corrected chi connectivity index (χ4v) is 2.30. The van der Waals surface area contributed by atoms with Crippen LogP contribution in [0.4, 0.5) is 5.69 Å². The molecule has 2 aromatic carbocycles. The molecule has 3 nitrogen and oxygen atoms in total. The molecule has 0 atom stereocenters. The minimum absolute atomic E-state index is 0.277. The van der Waals surface area contributed by atoms with Crippen LogP contribution in [0.1, 0.15) is 10.4 Å². The second-order valence-corrected chi connectivity index (χ2v) is 5.17. The highest BCUT2D eigenvalue weighted by Gasteiger charge is 2.12. The molecule has 0 aliphatic carbocycles. The molecule has 0 fully saturated rings. The van der Waals surface area contributed by atoms with Gasteiger partial charge in [-0.1, -0.05) is 34.8 Å². The number of nitrogens with one attached hydrogen (secondary N) is 1. The lowest BCUT2D eigenvalue weighted by Crippen LogP contribution is -2.12. The molecule has 0 bridgehead atoms. The fraction of sp³-hybridized carbons (Fsp3) is 0.0714. The largest absolute Gasteiger partial charge is 0.497 e. The van der Waals surface area contributed by atoms with Crippen molar-refractivity contribution in [1.82, 2.24) is 0 Å². The molecule has 0 spiro atoms. The number of amides is 1. The number of halogens is 3. The van der Waals surface area contributed by atoms with Crippen LogP contribution in [-0.4, -0.2) is 13.0 Å². The van der Waals surface area contributed by atoms with E-state index in [9.17, 15) is 4.79 Å². The van der Waals surface area contributed by atoms with Gasteiger partial charge in [0.1, 0.15) is 5.75 Å². The van der Waals surface area contributed by atoms with Crippen LogP contribution in [0.25, 0.3) is 0 Å². The Kier molecular flexibility index (Phi) is 4.76. The van der Waals surface area contributed by atoms with E-state index >= 15 is 0 Å². The zero-order valence-corrected chi connectivity index (χ0v) is 12.7. The number of rotatable bonds is 3. The van der Waals surface area contributed by atoms with Gasteiger partial charge >= 0.3 is 0 Å². The molecule has 0 unspecified atom stereocenters. The molecule has 2 rings (SSSR count). The molecule has 0 heterocycles.